The Morgan fingerprint density at radius 2 is 1.71 bits per heavy atom. The van der Waals surface area contributed by atoms with Crippen molar-refractivity contribution in [3.63, 3.8) is 0 Å². The van der Waals surface area contributed by atoms with E-state index in [4.69, 9.17) is 5.73 Å². The van der Waals surface area contributed by atoms with Gasteiger partial charge in [-0.2, -0.15) is 0 Å². The van der Waals surface area contributed by atoms with Crippen LogP contribution in [-0.2, 0) is 4.79 Å². The van der Waals surface area contributed by atoms with Crippen LogP contribution in [0.3, 0.4) is 0 Å². The number of rotatable bonds is 5. The molecule has 2 unspecified atom stereocenters. The van der Waals surface area contributed by atoms with Gasteiger partial charge in [-0.1, -0.05) is 37.8 Å². The van der Waals surface area contributed by atoms with Crippen molar-refractivity contribution in [2.75, 3.05) is 0 Å². The maximum Gasteiger partial charge on any atom is 0.226 e. The van der Waals surface area contributed by atoms with Crippen molar-refractivity contribution in [1.82, 2.24) is 5.32 Å². The van der Waals surface area contributed by atoms with Gasteiger partial charge in [0.1, 0.15) is 0 Å². The second kappa shape index (κ2) is 7.16. The highest BCUT2D eigenvalue weighted by Crippen LogP contribution is 2.71. The van der Waals surface area contributed by atoms with E-state index in [-0.39, 0.29) is 16.2 Å². The van der Waals surface area contributed by atoms with Crippen LogP contribution in [0.1, 0.15) is 78.1 Å². The summed E-state index contributed by atoms with van der Waals surface area (Å²) in [5, 5.41) is 3.47. The van der Waals surface area contributed by atoms with Crippen LogP contribution in [0, 0.1) is 22.2 Å². The lowest BCUT2D eigenvalue weighted by Gasteiger charge is -2.65. The molecule has 3 N–H and O–H groups in total. The van der Waals surface area contributed by atoms with E-state index in [0.29, 0.717) is 23.9 Å². The van der Waals surface area contributed by atoms with Crippen molar-refractivity contribution in [3.05, 3.63) is 36.5 Å². The Morgan fingerprint density at radius 1 is 1.04 bits per heavy atom. The predicted molar refractivity (Wildman–Crippen MR) is 116 cm³/mol. The van der Waals surface area contributed by atoms with Crippen molar-refractivity contribution in [2.24, 2.45) is 27.9 Å². The highest BCUT2D eigenvalue weighted by Gasteiger charge is 2.64. The third-order valence-electron chi connectivity index (χ3n) is 8.22. The molecule has 5 aliphatic carbocycles. The van der Waals surface area contributed by atoms with Crippen molar-refractivity contribution in [3.8, 4) is 0 Å². The zero-order valence-corrected chi connectivity index (χ0v) is 17.8. The number of allylic oxidation sites excluding steroid dienone is 5. The number of nitrogens with one attached hydrogen (secondary N) is 1. The van der Waals surface area contributed by atoms with Crippen LogP contribution >= 0.6 is 0 Å². The van der Waals surface area contributed by atoms with Gasteiger partial charge in [0.25, 0.3) is 0 Å². The number of hydrogen-bond donors (Lipinski definition) is 2. The molecule has 28 heavy (non-hydrogen) atoms. The largest absolute Gasteiger partial charge is 0.353 e. The van der Waals surface area contributed by atoms with Crippen LogP contribution in [0.5, 0.6) is 0 Å². The van der Waals surface area contributed by atoms with Crippen molar-refractivity contribution in [2.45, 2.75) is 90.1 Å². The molecule has 0 aromatic rings. The molecule has 154 valence electrons. The topological polar surface area (TPSA) is 55.1 Å². The van der Waals surface area contributed by atoms with E-state index >= 15 is 0 Å². The van der Waals surface area contributed by atoms with Gasteiger partial charge in [0.05, 0.1) is 5.41 Å². The van der Waals surface area contributed by atoms with Crippen LogP contribution in [0.25, 0.3) is 0 Å². The molecule has 0 aromatic carbocycles. The van der Waals surface area contributed by atoms with Gasteiger partial charge in [0, 0.05) is 12.1 Å². The summed E-state index contributed by atoms with van der Waals surface area (Å²) >= 11 is 0. The fourth-order valence-electron chi connectivity index (χ4n) is 7.59. The summed E-state index contributed by atoms with van der Waals surface area (Å²) in [5.41, 5.74) is 7.50. The van der Waals surface area contributed by atoms with E-state index in [1.807, 2.05) is 6.92 Å². The minimum atomic E-state index is -0.189. The minimum absolute atomic E-state index is 0.110. The van der Waals surface area contributed by atoms with E-state index in [9.17, 15) is 4.79 Å². The minimum Gasteiger partial charge on any atom is -0.353 e. The summed E-state index contributed by atoms with van der Waals surface area (Å²) < 4.78 is 0. The quantitative estimate of drug-likeness (QED) is 0.655. The lowest BCUT2D eigenvalue weighted by Crippen LogP contribution is -2.61. The Labute approximate surface area is 170 Å². The third-order valence-corrected chi connectivity index (χ3v) is 8.22. The Balaban J connectivity index is 1.56. The van der Waals surface area contributed by atoms with Gasteiger partial charge in [0.2, 0.25) is 5.91 Å². The highest BCUT2D eigenvalue weighted by molar-refractivity contribution is 5.84. The van der Waals surface area contributed by atoms with E-state index in [2.05, 4.69) is 43.1 Å². The molecule has 5 fully saturated rings. The molecule has 3 nitrogen and oxygen atoms in total. The van der Waals surface area contributed by atoms with Crippen LogP contribution in [0.15, 0.2) is 36.5 Å². The van der Waals surface area contributed by atoms with Crippen molar-refractivity contribution in [1.29, 1.82) is 0 Å². The molecule has 4 atom stereocenters. The summed E-state index contributed by atoms with van der Waals surface area (Å²) in [7, 11) is 0. The van der Waals surface area contributed by atoms with Gasteiger partial charge in [0.15, 0.2) is 0 Å². The summed E-state index contributed by atoms with van der Waals surface area (Å²) in [4.78, 5) is 13.6. The predicted octanol–water partition coefficient (Wildman–Crippen LogP) is 5.04. The molecule has 5 aliphatic rings. The monoisotopic (exact) mass is 382 g/mol. The van der Waals surface area contributed by atoms with Crippen LogP contribution in [-0.4, -0.2) is 18.0 Å². The molecule has 0 saturated heterocycles. The summed E-state index contributed by atoms with van der Waals surface area (Å²) in [6.45, 7) is 8.96. The van der Waals surface area contributed by atoms with Crippen molar-refractivity contribution >= 4 is 5.91 Å². The second-order valence-corrected chi connectivity index (χ2v) is 10.9. The average molecular weight is 383 g/mol. The van der Waals surface area contributed by atoms with Gasteiger partial charge in [-0.05, 0) is 93.5 Å². The Morgan fingerprint density at radius 3 is 2.39 bits per heavy atom. The fraction of sp³-hybridized carbons (Fsp3) is 0.720. The first-order valence-corrected chi connectivity index (χ1v) is 11.3. The van der Waals surface area contributed by atoms with Crippen LogP contribution in [0.2, 0.25) is 0 Å². The maximum absolute atomic E-state index is 13.6. The van der Waals surface area contributed by atoms with Crippen LogP contribution < -0.4 is 11.1 Å². The first-order valence-electron chi connectivity index (χ1n) is 11.3. The third kappa shape index (κ3) is 3.51. The Bertz CT molecular complexity index is 701. The molecular weight excluding hydrogens is 344 g/mol. The first-order chi connectivity index (χ1) is 13.3. The standard InChI is InChI=1S/C25H38N2O/c1-4-5-6-7-18(2)24-13-19-12-23(3,15-24)16-25(14-19,17-24)22(28)27-21-10-8-20(26)9-11-21/h4-7,19-21H,2,8-17,26H2,1,3H3,(H,27,28)/b5-4-,7-6-/t19?,20-,21+,23-,24-,25?/m1/s1. The lowest BCUT2D eigenvalue weighted by molar-refractivity contribution is -0.167. The molecule has 5 rings (SSSR count). The zero-order valence-electron chi connectivity index (χ0n) is 17.8. The normalized spacial score (nSPS) is 45.0. The van der Waals surface area contributed by atoms with E-state index in [0.717, 1.165) is 44.9 Å². The average Bonchev–Trinajstić information content (AvgIpc) is 2.61. The molecule has 3 heteroatoms. The number of amides is 1. The number of carbonyl (C=O) groups excluding carboxylic acids is 1. The highest BCUT2D eigenvalue weighted by atomic mass is 16.2. The number of hydrogen-bond acceptors (Lipinski definition) is 2. The van der Waals surface area contributed by atoms with Gasteiger partial charge in [-0.3, -0.25) is 4.79 Å². The van der Waals surface area contributed by atoms with E-state index in [1.165, 1.54) is 24.8 Å². The van der Waals surface area contributed by atoms with Gasteiger partial charge < -0.3 is 11.1 Å². The number of carbonyl (C=O) groups is 1. The molecule has 0 spiro atoms. The smallest absolute Gasteiger partial charge is 0.226 e. The molecule has 5 saturated carbocycles. The second-order valence-electron chi connectivity index (χ2n) is 10.9. The molecule has 0 radical (unpaired) electrons. The first kappa shape index (κ1) is 19.9. The molecule has 1 amide bonds. The lowest BCUT2D eigenvalue weighted by atomic mass is 9.38. The van der Waals surface area contributed by atoms with Crippen molar-refractivity contribution < 1.29 is 4.79 Å². The van der Waals surface area contributed by atoms with Crippen LogP contribution in [0.4, 0.5) is 0 Å². The molecule has 0 aromatic heterocycles. The summed E-state index contributed by atoms with van der Waals surface area (Å²) in [6.07, 6.45) is 19.4. The fourth-order valence-corrected chi connectivity index (χ4v) is 7.59. The molecule has 0 heterocycles. The van der Waals surface area contributed by atoms with E-state index < -0.39 is 0 Å². The van der Waals surface area contributed by atoms with E-state index in [1.54, 1.807) is 0 Å². The Hall–Kier alpha value is -1.35. The maximum atomic E-state index is 13.6. The molecular formula is C25H38N2O. The SMILES string of the molecule is C=C(/C=C\C=C/C)[C@]12CC3CC(C(=O)N[C@H]4CC[C@@H](N)CC4)(C[C@](C)(C3)C1)C2. The zero-order chi connectivity index (χ0) is 20.0. The molecule has 0 aliphatic heterocycles. The number of nitrogens with two attached hydrogens (primary N) is 1. The van der Waals surface area contributed by atoms with Gasteiger partial charge in [-0.25, -0.2) is 0 Å². The molecule has 4 bridgehead atoms. The summed E-state index contributed by atoms with van der Waals surface area (Å²) in [5.74, 6) is 0.997. The Kier molecular flexibility index (Phi) is 5.10. The van der Waals surface area contributed by atoms with Gasteiger partial charge >= 0.3 is 0 Å². The van der Waals surface area contributed by atoms with Gasteiger partial charge in [-0.15, -0.1) is 0 Å². The summed E-state index contributed by atoms with van der Waals surface area (Å²) in [6, 6.07) is 0.643.